The largest absolute Gasteiger partial charge is 0.338 e. The van der Waals surface area contributed by atoms with Gasteiger partial charge in [-0.05, 0) is 43.2 Å². The number of benzene rings is 2. The van der Waals surface area contributed by atoms with Crippen LogP contribution < -0.4 is 0 Å². The normalized spacial score (nSPS) is 18.0. The lowest BCUT2D eigenvalue weighted by atomic mass is 9.98. The van der Waals surface area contributed by atoms with Gasteiger partial charge in [0.2, 0.25) is 0 Å². The summed E-state index contributed by atoms with van der Waals surface area (Å²) in [4.78, 5) is 19.2. The van der Waals surface area contributed by atoms with Gasteiger partial charge in [0, 0.05) is 24.6 Å². The standard InChI is InChI=1S/C19H17FN2OS/c20-15-7-3-5-13(11-15)19(23)22-10-4-6-14(12-22)18-21-16-8-1-2-9-17(16)24-18/h1-3,5,7-9,11,14H,4,6,10,12H2/t14-/m1/s1. The van der Waals surface area contributed by atoms with E-state index in [4.69, 9.17) is 4.98 Å². The number of para-hydroxylation sites is 1. The van der Waals surface area contributed by atoms with E-state index in [1.165, 1.54) is 16.8 Å². The predicted molar refractivity (Wildman–Crippen MR) is 93.9 cm³/mol. The molecule has 3 aromatic rings. The first-order valence-electron chi connectivity index (χ1n) is 8.11. The molecule has 122 valence electrons. The Labute approximate surface area is 143 Å². The maximum Gasteiger partial charge on any atom is 0.253 e. The fourth-order valence-electron chi connectivity index (χ4n) is 3.23. The molecule has 1 aliphatic heterocycles. The van der Waals surface area contributed by atoms with E-state index in [9.17, 15) is 9.18 Å². The summed E-state index contributed by atoms with van der Waals surface area (Å²) in [6.45, 7) is 1.37. The molecule has 0 aliphatic carbocycles. The number of piperidine rings is 1. The number of amides is 1. The third kappa shape index (κ3) is 2.91. The molecule has 1 fully saturated rings. The third-order valence-corrected chi connectivity index (χ3v) is 5.64. The molecule has 1 saturated heterocycles. The predicted octanol–water partition coefficient (Wildman–Crippen LogP) is 4.46. The highest BCUT2D eigenvalue weighted by molar-refractivity contribution is 7.18. The highest BCUT2D eigenvalue weighted by Crippen LogP contribution is 2.33. The average molecular weight is 340 g/mol. The van der Waals surface area contributed by atoms with Gasteiger partial charge in [-0.25, -0.2) is 9.37 Å². The first-order chi connectivity index (χ1) is 11.7. The van der Waals surface area contributed by atoms with Crippen molar-refractivity contribution in [1.82, 2.24) is 9.88 Å². The quantitative estimate of drug-likeness (QED) is 0.690. The Morgan fingerprint density at radius 3 is 2.92 bits per heavy atom. The first-order valence-corrected chi connectivity index (χ1v) is 8.93. The molecule has 1 aliphatic rings. The van der Waals surface area contributed by atoms with Gasteiger partial charge in [0.1, 0.15) is 5.82 Å². The topological polar surface area (TPSA) is 33.2 Å². The van der Waals surface area contributed by atoms with Gasteiger partial charge in [0.05, 0.1) is 15.2 Å². The van der Waals surface area contributed by atoms with E-state index < -0.39 is 0 Å². The highest BCUT2D eigenvalue weighted by atomic mass is 32.1. The molecule has 0 unspecified atom stereocenters. The van der Waals surface area contributed by atoms with Crippen LogP contribution in [0.5, 0.6) is 0 Å². The van der Waals surface area contributed by atoms with Crippen molar-refractivity contribution < 1.29 is 9.18 Å². The van der Waals surface area contributed by atoms with Crippen LogP contribution in [-0.4, -0.2) is 28.9 Å². The zero-order valence-electron chi connectivity index (χ0n) is 13.1. The van der Waals surface area contributed by atoms with Crippen LogP contribution in [0.3, 0.4) is 0 Å². The number of halogens is 1. The van der Waals surface area contributed by atoms with E-state index in [0.29, 0.717) is 12.1 Å². The van der Waals surface area contributed by atoms with E-state index in [0.717, 1.165) is 29.9 Å². The molecule has 5 heteroatoms. The molecule has 0 bridgehead atoms. The molecular formula is C19H17FN2OS. The summed E-state index contributed by atoms with van der Waals surface area (Å²) >= 11 is 1.71. The molecule has 0 N–H and O–H groups in total. The summed E-state index contributed by atoms with van der Waals surface area (Å²) in [6.07, 6.45) is 1.98. The van der Waals surface area contributed by atoms with Crippen LogP contribution in [0.2, 0.25) is 0 Å². The molecule has 0 radical (unpaired) electrons. The number of aromatic nitrogens is 1. The van der Waals surface area contributed by atoms with Gasteiger partial charge in [-0.15, -0.1) is 11.3 Å². The minimum Gasteiger partial charge on any atom is -0.338 e. The molecule has 24 heavy (non-hydrogen) atoms. The molecule has 2 heterocycles. The second kappa shape index (κ2) is 6.32. The number of carbonyl (C=O) groups excluding carboxylic acids is 1. The van der Waals surface area contributed by atoms with Crippen molar-refractivity contribution in [3.63, 3.8) is 0 Å². The SMILES string of the molecule is O=C(c1cccc(F)c1)N1CCC[C@@H](c2nc3ccccc3s2)C1. The lowest BCUT2D eigenvalue weighted by Gasteiger charge is -2.32. The molecule has 4 rings (SSSR count). The van der Waals surface area contributed by atoms with Crippen LogP contribution in [0.4, 0.5) is 4.39 Å². The monoisotopic (exact) mass is 340 g/mol. The third-order valence-electron chi connectivity index (χ3n) is 4.44. The average Bonchev–Trinajstić information content (AvgIpc) is 3.05. The Bertz CT molecular complexity index is 859. The zero-order chi connectivity index (χ0) is 16.5. The lowest BCUT2D eigenvalue weighted by Crippen LogP contribution is -2.39. The molecule has 1 atom stereocenters. The van der Waals surface area contributed by atoms with E-state index in [2.05, 4.69) is 6.07 Å². The molecule has 1 amide bonds. The summed E-state index contributed by atoms with van der Waals surface area (Å²) in [7, 11) is 0. The number of carbonyl (C=O) groups is 1. The van der Waals surface area contributed by atoms with Crippen LogP contribution in [0.1, 0.15) is 34.1 Å². The van der Waals surface area contributed by atoms with E-state index in [1.807, 2.05) is 23.1 Å². The van der Waals surface area contributed by atoms with Gasteiger partial charge in [-0.3, -0.25) is 4.79 Å². The van der Waals surface area contributed by atoms with Crippen LogP contribution in [0.15, 0.2) is 48.5 Å². The molecule has 0 spiro atoms. The van der Waals surface area contributed by atoms with Crippen LogP contribution in [0.25, 0.3) is 10.2 Å². The van der Waals surface area contributed by atoms with Crippen molar-refractivity contribution >= 4 is 27.5 Å². The Kier molecular flexibility index (Phi) is 4.02. The minimum atomic E-state index is -0.374. The summed E-state index contributed by atoms with van der Waals surface area (Å²) < 4.78 is 14.6. The fourth-order valence-corrected chi connectivity index (χ4v) is 4.33. The Balaban J connectivity index is 1.56. The number of fused-ring (bicyclic) bond motifs is 1. The van der Waals surface area contributed by atoms with Crippen molar-refractivity contribution in [3.8, 4) is 0 Å². The highest BCUT2D eigenvalue weighted by Gasteiger charge is 2.27. The van der Waals surface area contributed by atoms with Gasteiger partial charge in [-0.2, -0.15) is 0 Å². The van der Waals surface area contributed by atoms with Crippen molar-refractivity contribution in [3.05, 3.63) is 64.9 Å². The Morgan fingerprint density at radius 2 is 2.08 bits per heavy atom. The molecule has 0 saturated carbocycles. The van der Waals surface area contributed by atoms with Crippen molar-refractivity contribution in [2.75, 3.05) is 13.1 Å². The van der Waals surface area contributed by atoms with Crippen LogP contribution in [0, 0.1) is 5.82 Å². The Hall–Kier alpha value is -2.27. The number of rotatable bonds is 2. The van der Waals surface area contributed by atoms with Crippen LogP contribution >= 0.6 is 11.3 Å². The second-order valence-corrected chi connectivity index (χ2v) is 7.18. The zero-order valence-corrected chi connectivity index (χ0v) is 13.9. The van der Waals surface area contributed by atoms with Gasteiger partial charge >= 0.3 is 0 Å². The lowest BCUT2D eigenvalue weighted by molar-refractivity contribution is 0.0706. The summed E-state index contributed by atoms with van der Waals surface area (Å²) in [6, 6.07) is 14.0. The maximum atomic E-state index is 13.4. The van der Waals surface area contributed by atoms with Gasteiger partial charge in [0.25, 0.3) is 5.91 Å². The number of likely N-dealkylation sites (tertiary alicyclic amines) is 1. The van der Waals surface area contributed by atoms with E-state index in [-0.39, 0.29) is 17.6 Å². The number of nitrogens with zero attached hydrogens (tertiary/aromatic N) is 2. The Morgan fingerprint density at radius 1 is 1.21 bits per heavy atom. The maximum absolute atomic E-state index is 13.4. The molecule has 3 nitrogen and oxygen atoms in total. The number of hydrogen-bond acceptors (Lipinski definition) is 3. The molecule has 2 aromatic carbocycles. The molecular weight excluding hydrogens is 323 g/mol. The van der Waals surface area contributed by atoms with Gasteiger partial charge in [0.15, 0.2) is 0 Å². The summed E-state index contributed by atoms with van der Waals surface area (Å²) in [5, 5.41) is 1.09. The van der Waals surface area contributed by atoms with Crippen LogP contribution in [-0.2, 0) is 0 Å². The summed E-state index contributed by atoms with van der Waals surface area (Å²) in [5.74, 6) is -0.213. The van der Waals surface area contributed by atoms with E-state index >= 15 is 0 Å². The smallest absolute Gasteiger partial charge is 0.253 e. The van der Waals surface area contributed by atoms with Crippen molar-refractivity contribution in [2.45, 2.75) is 18.8 Å². The van der Waals surface area contributed by atoms with Gasteiger partial charge < -0.3 is 4.90 Å². The minimum absolute atomic E-state index is 0.0969. The summed E-state index contributed by atoms with van der Waals surface area (Å²) in [5.41, 5.74) is 1.44. The first kappa shape index (κ1) is 15.3. The van der Waals surface area contributed by atoms with Gasteiger partial charge in [-0.1, -0.05) is 18.2 Å². The molecule has 1 aromatic heterocycles. The second-order valence-electron chi connectivity index (χ2n) is 6.12. The van der Waals surface area contributed by atoms with E-state index in [1.54, 1.807) is 23.5 Å². The number of hydrogen-bond donors (Lipinski definition) is 0. The number of thiazole rings is 1. The van der Waals surface area contributed by atoms with Crippen molar-refractivity contribution in [1.29, 1.82) is 0 Å². The van der Waals surface area contributed by atoms with Crippen molar-refractivity contribution in [2.24, 2.45) is 0 Å². The fraction of sp³-hybridized carbons (Fsp3) is 0.263.